The molecule has 0 radical (unpaired) electrons. The van der Waals surface area contributed by atoms with Crippen molar-refractivity contribution in [2.24, 2.45) is 17.8 Å². The van der Waals surface area contributed by atoms with E-state index in [1.54, 1.807) is 0 Å². The highest BCUT2D eigenvalue weighted by Crippen LogP contribution is 2.35. The number of amides is 1. The quantitative estimate of drug-likeness (QED) is 0.244. The fraction of sp³-hybridized carbons (Fsp3) is 0.556. The van der Waals surface area contributed by atoms with Crippen LogP contribution in [0.15, 0.2) is 54.6 Å². The van der Waals surface area contributed by atoms with E-state index in [0.29, 0.717) is 17.8 Å². The monoisotopic (exact) mass is 568 g/mol. The molecule has 0 spiro atoms. The first-order valence-electron chi connectivity index (χ1n) is 16.3. The molecule has 2 saturated carbocycles. The number of nitrogens with one attached hydrogen (secondary N) is 1. The zero-order valence-corrected chi connectivity index (χ0v) is 25.6. The van der Waals surface area contributed by atoms with Gasteiger partial charge in [-0.1, -0.05) is 81.7 Å². The summed E-state index contributed by atoms with van der Waals surface area (Å²) in [6.45, 7) is 0. The van der Waals surface area contributed by atoms with Crippen LogP contribution in [0.5, 0.6) is 0 Å². The van der Waals surface area contributed by atoms with Crippen LogP contribution in [0.1, 0.15) is 99.7 Å². The lowest BCUT2D eigenvalue weighted by atomic mass is 9.77. The Labute approximate surface area is 251 Å². The zero-order valence-electron chi connectivity index (χ0n) is 25.6. The van der Waals surface area contributed by atoms with Gasteiger partial charge in [0.2, 0.25) is 0 Å². The maximum atomic E-state index is 13.2. The van der Waals surface area contributed by atoms with Crippen LogP contribution in [0.4, 0.5) is 5.82 Å². The van der Waals surface area contributed by atoms with E-state index in [-0.39, 0.29) is 17.9 Å². The highest BCUT2D eigenvalue weighted by molar-refractivity contribution is 5.95. The Hall–Kier alpha value is -3.28. The Bertz CT molecular complexity index is 1320. The molecule has 0 aliphatic heterocycles. The molecule has 0 unspecified atom stereocenters. The molecule has 1 amide bonds. The summed E-state index contributed by atoms with van der Waals surface area (Å²) >= 11 is 0. The lowest BCUT2D eigenvalue weighted by molar-refractivity contribution is -0.124. The van der Waals surface area contributed by atoms with Crippen LogP contribution in [-0.4, -0.2) is 41.8 Å². The van der Waals surface area contributed by atoms with Crippen LogP contribution in [-0.2, 0) is 11.2 Å². The number of nitrogens with zero attached hydrogens (tertiary/aromatic N) is 3. The fourth-order valence-electron chi connectivity index (χ4n) is 7.20. The Morgan fingerprint density at radius 3 is 2.21 bits per heavy atom. The predicted molar refractivity (Wildman–Crippen MR) is 171 cm³/mol. The van der Waals surface area contributed by atoms with Crippen LogP contribution >= 0.6 is 0 Å². The highest BCUT2D eigenvalue weighted by atomic mass is 16.2. The van der Waals surface area contributed by atoms with Gasteiger partial charge >= 0.3 is 0 Å². The van der Waals surface area contributed by atoms with Gasteiger partial charge in [0.1, 0.15) is 17.4 Å². The number of fused-ring (bicyclic) bond motifs is 1. The Morgan fingerprint density at radius 2 is 1.48 bits per heavy atom. The number of rotatable bonds is 12. The topological polar surface area (TPSA) is 75.2 Å². The van der Waals surface area contributed by atoms with Gasteiger partial charge in [0.15, 0.2) is 0 Å². The van der Waals surface area contributed by atoms with E-state index in [4.69, 9.17) is 9.97 Å². The minimum atomic E-state index is -0.0554. The number of carbonyl (C=O) groups is 2. The van der Waals surface area contributed by atoms with Crippen molar-refractivity contribution in [3.05, 3.63) is 66.0 Å². The first-order chi connectivity index (χ1) is 20.5. The van der Waals surface area contributed by atoms with Crippen LogP contribution < -0.4 is 10.2 Å². The summed E-state index contributed by atoms with van der Waals surface area (Å²) in [5, 5.41) is 4.29. The maximum absolute atomic E-state index is 13.2. The Balaban J connectivity index is 1.01. The molecular weight excluding hydrogens is 520 g/mol. The molecule has 3 aromatic rings. The first kappa shape index (κ1) is 30.2. The summed E-state index contributed by atoms with van der Waals surface area (Å²) in [7, 11) is 4.10. The second kappa shape index (κ2) is 14.8. The van der Waals surface area contributed by atoms with Crippen molar-refractivity contribution in [2.75, 3.05) is 19.0 Å². The van der Waals surface area contributed by atoms with Gasteiger partial charge in [0.25, 0.3) is 5.91 Å². The number of carbonyl (C=O) groups excluding carboxylic acids is 2. The molecule has 1 N–H and O–H groups in total. The van der Waals surface area contributed by atoms with Gasteiger partial charge in [-0.25, -0.2) is 9.97 Å². The van der Waals surface area contributed by atoms with Crippen LogP contribution in [0.3, 0.4) is 0 Å². The van der Waals surface area contributed by atoms with Crippen LogP contribution in [0, 0.1) is 17.8 Å². The predicted octanol–water partition coefficient (Wildman–Crippen LogP) is 7.55. The second-order valence-corrected chi connectivity index (χ2v) is 12.8. The molecule has 1 aromatic heterocycles. The molecule has 6 nitrogen and oxygen atoms in total. The summed E-state index contributed by atoms with van der Waals surface area (Å²) < 4.78 is 0. The molecule has 2 aromatic carbocycles. The second-order valence-electron chi connectivity index (χ2n) is 12.8. The number of aromatic nitrogens is 2. The molecule has 2 aliphatic carbocycles. The molecule has 2 aliphatic rings. The van der Waals surface area contributed by atoms with Gasteiger partial charge in [-0.15, -0.1) is 0 Å². The largest absolute Gasteiger partial charge is 0.362 e. The highest BCUT2D eigenvalue weighted by Gasteiger charge is 2.32. The van der Waals surface area contributed by atoms with Crippen molar-refractivity contribution in [1.29, 1.82) is 0 Å². The summed E-state index contributed by atoms with van der Waals surface area (Å²) in [6, 6.07) is 17.6. The van der Waals surface area contributed by atoms with Crippen molar-refractivity contribution < 1.29 is 9.59 Å². The van der Waals surface area contributed by atoms with Crippen molar-refractivity contribution in [3.8, 4) is 0 Å². The normalized spacial score (nSPS) is 22.5. The van der Waals surface area contributed by atoms with E-state index in [0.717, 1.165) is 85.7 Å². The minimum absolute atomic E-state index is 0.0242. The van der Waals surface area contributed by atoms with Crippen molar-refractivity contribution >= 4 is 28.4 Å². The van der Waals surface area contributed by atoms with Crippen LogP contribution in [0.25, 0.3) is 10.9 Å². The van der Waals surface area contributed by atoms with Gasteiger partial charge in [0, 0.05) is 49.8 Å². The first-order valence-corrected chi connectivity index (χ1v) is 16.3. The number of ketones is 1. The molecule has 1 heterocycles. The standard InChI is InChI=1S/C36H48N4O2/c1-40(2)35-30-17-7-9-19-32(30)37-34(39-35)21-11-13-27-24-22-26(23-25-27)12-10-20-33(41)29-16-6-8-18-31(29)38-36(42)28-14-4-3-5-15-28/h3-5,7,9,14-15,17,19,26-27,29,31H,6,8,10-13,16,18,20-25H2,1-2H3,(H,38,42)/t26?,27?,29-,31+/m1/s1. The molecule has 6 heteroatoms. The SMILES string of the molecule is CN(C)c1nc(CCCC2CCC(CCCC(=O)[C@@H]3CCCC[C@@H]3NC(=O)c3ccccc3)CC2)nc2ccccc12. The summed E-state index contributed by atoms with van der Waals surface area (Å²) in [4.78, 5) is 37.7. The molecule has 0 saturated heterocycles. The third-order valence-electron chi connectivity index (χ3n) is 9.60. The van der Waals surface area contributed by atoms with Crippen molar-refractivity contribution in [3.63, 3.8) is 0 Å². The van der Waals surface area contributed by atoms with Gasteiger partial charge in [-0.3, -0.25) is 9.59 Å². The van der Waals surface area contributed by atoms with Crippen molar-refractivity contribution in [1.82, 2.24) is 15.3 Å². The van der Waals surface area contributed by atoms with Gasteiger partial charge in [-0.05, 0) is 61.8 Å². The Kier molecular flexibility index (Phi) is 10.6. The van der Waals surface area contributed by atoms with E-state index in [1.807, 2.05) is 56.6 Å². The maximum Gasteiger partial charge on any atom is 0.251 e. The van der Waals surface area contributed by atoms with E-state index >= 15 is 0 Å². The van der Waals surface area contributed by atoms with Crippen LogP contribution in [0.2, 0.25) is 0 Å². The zero-order chi connectivity index (χ0) is 29.3. The molecule has 42 heavy (non-hydrogen) atoms. The van der Waals surface area contributed by atoms with E-state index in [9.17, 15) is 9.59 Å². The molecule has 2 fully saturated rings. The van der Waals surface area contributed by atoms with Crippen molar-refractivity contribution in [2.45, 2.75) is 95.9 Å². The average molecular weight is 569 g/mol. The third kappa shape index (κ3) is 7.96. The summed E-state index contributed by atoms with van der Waals surface area (Å²) in [5.41, 5.74) is 1.70. The lowest BCUT2D eigenvalue weighted by Gasteiger charge is -2.32. The summed E-state index contributed by atoms with van der Waals surface area (Å²) in [5.74, 6) is 3.78. The Morgan fingerprint density at radius 1 is 0.810 bits per heavy atom. The minimum Gasteiger partial charge on any atom is -0.362 e. The van der Waals surface area contributed by atoms with E-state index < -0.39 is 0 Å². The number of para-hydroxylation sites is 1. The van der Waals surface area contributed by atoms with Gasteiger partial charge in [0.05, 0.1) is 5.52 Å². The number of hydrogen-bond donors (Lipinski definition) is 1. The number of aryl methyl sites for hydroxylation is 1. The fourth-order valence-corrected chi connectivity index (χ4v) is 7.20. The smallest absolute Gasteiger partial charge is 0.251 e. The molecule has 224 valence electrons. The number of hydrogen-bond acceptors (Lipinski definition) is 5. The average Bonchev–Trinajstić information content (AvgIpc) is 3.02. The number of benzene rings is 2. The number of Topliss-reactive ketones (excluding diaryl/α,β-unsaturated/α-hetero) is 1. The van der Waals surface area contributed by atoms with E-state index in [1.165, 1.54) is 32.1 Å². The van der Waals surface area contributed by atoms with Gasteiger partial charge in [-0.2, -0.15) is 0 Å². The lowest BCUT2D eigenvalue weighted by Crippen LogP contribution is -2.45. The number of anilines is 1. The third-order valence-corrected chi connectivity index (χ3v) is 9.60. The van der Waals surface area contributed by atoms with E-state index in [2.05, 4.69) is 22.3 Å². The summed E-state index contributed by atoms with van der Waals surface area (Å²) in [6.07, 6.45) is 15.3. The molecular formula is C36H48N4O2. The molecule has 5 rings (SSSR count). The van der Waals surface area contributed by atoms with Gasteiger partial charge < -0.3 is 10.2 Å². The molecule has 0 bridgehead atoms. The molecule has 2 atom stereocenters.